The van der Waals surface area contributed by atoms with Crippen molar-refractivity contribution in [3.8, 4) is 0 Å². The van der Waals surface area contributed by atoms with Crippen molar-refractivity contribution in [1.29, 1.82) is 0 Å². The van der Waals surface area contributed by atoms with E-state index >= 15 is 0 Å². The number of fused-ring (bicyclic) bond motifs is 1. The lowest BCUT2D eigenvalue weighted by atomic mass is 9.96. The molecule has 0 radical (unpaired) electrons. The Kier molecular flexibility index (Phi) is 5.13. The molecule has 5 heteroatoms. The Morgan fingerprint density at radius 3 is 2.88 bits per heavy atom. The fraction of sp³-hybridized carbons (Fsp3) is 0.500. The van der Waals surface area contributed by atoms with Crippen molar-refractivity contribution in [1.82, 2.24) is 15.2 Å². The molecule has 1 aliphatic carbocycles. The predicted molar refractivity (Wildman–Crippen MR) is 101 cm³/mol. The summed E-state index contributed by atoms with van der Waals surface area (Å²) in [6, 6.07) is 3.72. The van der Waals surface area contributed by atoms with Crippen molar-refractivity contribution >= 4 is 17.2 Å². The first kappa shape index (κ1) is 16.7. The van der Waals surface area contributed by atoms with Crippen LogP contribution < -0.4 is 5.32 Å². The summed E-state index contributed by atoms with van der Waals surface area (Å²) in [6.07, 6.45) is 10.9. The number of aromatic nitrogens is 1. The first-order valence-corrected chi connectivity index (χ1v) is 10.2. The highest BCUT2D eigenvalue weighted by Gasteiger charge is 2.30. The van der Waals surface area contributed by atoms with E-state index in [-0.39, 0.29) is 11.9 Å². The van der Waals surface area contributed by atoms with Crippen molar-refractivity contribution in [2.24, 2.45) is 0 Å². The second kappa shape index (κ2) is 7.67. The Labute approximate surface area is 153 Å². The molecule has 1 aliphatic heterocycles. The van der Waals surface area contributed by atoms with Gasteiger partial charge in [0.1, 0.15) is 6.04 Å². The van der Waals surface area contributed by atoms with Gasteiger partial charge in [-0.2, -0.15) is 0 Å². The van der Waals surface area contributed by atoms with Gasteiger partial charge < -0.3 is 5.32 Å². The lowest BCUT2D eigenvalue weighted by Crippen LogP contribution is -2.39. The quantitative estimate of drug-likeness (QED) is 0.893. The van der Waals surface area contributed by atoms with Crippen molar-refractivity contribution < 1.29 is 4.79 Å². The van der Waals surface area contributed by atoms with Crippen LogP contribution in [0.4, 0.5) is 0 Å². The van der Waals surface area contributed by atoms with Gasteiger partial charge in [0, 0.05) is 23.8 Å². The number of rotatable bonds is 5. The molecule has 2 aromatic heterocycles. The average Bonchev–Trinajstić information content (AvgIpc) is 3.31. The number of likely N-dealkylation sites (tertiary alicyclic amines) is 1. The third-order valence-electron chi connectivity index (χ3n) is 5.36. The smallest absolute Gasteiger partial charge is 0.242 e. The minimum atomic E-state index is -0.217. The lowest BCUT2D eigenvalue weighted by molar-refractivity contribution is -0.126. The standard InChI is InChI=1S/C20H25N3OS/c24-20(22-13-16-14-25-18-8-2-1-7-17(16)18)19(23-10-3-4-11-23)15-6-5-9-21-12-15/h5-6,9,12,14,19H,1-4,7-8,10-11,13H2,(H,22,24)/t19-/m0/s1. The first-order valence-electron chi connectivity index (χ1n) is 9.33. The Hall–Kier alpha value is -1.72. The van der Waals surface area contributed by atoms with Gasteiger partial charge in [-0.15, -0.1) is 11.3 Å². The van der Waals surface area contributed by atoms with Gasteiger partial charge in [-0.3, -0.25) is 14.7 Å². The number of aryl methyl sites for hydroxylation is 1. The number of nitrogens with one attached hydrogen (secondary N) is 1. The highest BCUT2D eigenvalue weighted by molar-refractivity contribution is 7.10. The SMILES string of the molecule is O=C(NCc1csc2c1CCCC2)[C@H](c1cccnc1)N1CCCC1. The first-order chi connectivity index (χ1) is 12.3. The summed E-state index contributed by atoms with van der Waals surface area (Å²) >= 11 is 1.86. The molecule has 0 saturated carbocycles. The normalized spacial score (nSPS) is 18.7. The van der Waals surface area contributed by atoms with Crippen molar-refractivity contribution in [3.05, 3.63) is 51.5 Å². The Morgan fingerprint density at radius 2 is 2.08 bits per heavy atom. The molecule has 0 bridgehead atoms. The number of pyridine rings is 1. The van der Waals surface area contributed by atoms with Gasteiger partial charge in [-0.1, -0.05) is 6.07 Å². The molecule has 1 saturated heterocycles. The molecule has 4 rings (SSSR count). The van der Waals surface area contributed by atoms with Crippen LogP contribution in [-0.4, -0.2) is 28.9 Å². The van der Waals surface area contributed by atoms with Crippen LogP contribution >= 0.6 is 11.3 Å². The third kappa shape index (κ3) is 3.62. The van der Waals surface area contributed by atoms with Crippen LogP contribution in [-0.2, 0) is 24.2 Å². The molecule has 0 spiro atoms. The third-order valence-corrected chi connectivity index (χ3v) is 6.49. The highest BCUT2D eigenvalue weighted by atomic mass is 32.1. The molecule has 2 aromatic rings. The summed E-state index contributed by atoms with van der Waals surface area (Å²) in [5, 5.41) is 5.45. The molecule has 132 valence electrons. The fourth-order valence-electron chi connectivity index (χ4n) is 4.05. The molecule has 3 heterocycles. The molecule has 2 aliphatic rings. The molecule has 1 fully saturated rings. The minimum Gasteiger partial charge on any atom is -0.350 e. The molecular weight excluding hydrogens is 330 g/mol. The van der Waals surface area contributed by atoms with Gasteiger partial charge >= 0.3 is 0 Å². The summed E-state index contributed by atoms with van der Waals surface area (Å²) in [6.45, 7) is 2.62. The van der Waals surface area contributed by atoms with Gasteiger partial charge in [0.15, 0.2) is 0 Å². The van der Waals surface area contributed by atoms with Crippen molar-refractivity contribution in [2.75, 3.05) is 13.1 Å². The molecule has 0 aromatic carbocycles. The van der Waals surface area contributed by atoms with Crippen LogP contribution in [0.3, 0.4) is 0 Å². The topological polar surface area (TPSA) is 45.2 Å². The minimum absolute atomic E-state index is 0.102. The molecule has 0 unspecified atom stereocenters. The van der Waals surface area contributed by atoms with Crippen LogP contribution in [0.5, 0.6) is 0 Å². The maximum absolute atomic E-state index is 13.0. The summed E-state index contributed by atoms with van der Waals surface area (Å²) in [5.41, 5.74) is 3.81. The van der Waals surface area contributed by atoms with E-state index in [4.69, 9.17) is 0 Å². The number of amides is 1. The number of thiophene rings is 1. The average molecular weight is 356 g/mol. The van der Waals surface area contributed by atoms with Crippen molar-refractivity contribution in [3.63, 3.8) is 0 Å². The number of nitrogens with zero attached hydrogens (tertiary/aromatic N) is 2. The summed E-state index contributed by atoms with van der Waals surface area (Å²) in [7, 11) is 0. The van der Waals surface area contributed by atoms with E-state index in [9.17, 15) is 4.79 Å². The fourth-order valence-corrected chi connectivity index (χ4v) is 5.20. The van der Waals surface area contributed by atoms with Gasteiger partial charge in [-0.25, -0.2) is 0 Å². The molecule has 4 nitrogen and oxygen atoms in total. The molecule has 1 atom stereocenters. The Bertz CT molecular complexity index is 722. The second-order valence-electron chi connectivity index (χ2n) is 7.02. The van der Waals surface area contributed by atoms with Gasteiger partial charge in [-0.05, 0) is 79.8 Å². The zero-order valence-electron chi connectivity index (χ0n) is 14.5. The molecule has 1 N–H and O–H groups in total. The monoisotopic (exact) mass is 355 g/mol. The zero-order chi connectivity index (χ0) is 17.1. The van der Waals surface area contributed by atoms with E-state index in [0.717, 1.165) is 18.7 Å². The lowest BCUT2D eigenvalue weighted by Gasteiger charge is -2.26. The van der Waals surface area contributed by atoms with Crippen LogP contribution in [0.15, 0.2) is 29.9 Å². The van der Waals surface area contributed by atoms with E-state index in [1.54, 1.807) is 6.20 Å². The van der Waals surface area contributed by atoms with Crippen LogP contribution in [0.25, 0.3) is 0 Å². The van der Waals surface area contributed by atoms with E-state index in [0.29, 0.717) is 6.54 Å². The van der Waals surface area contributed by atoms with E-state index in [1.165, 1.54) is 54.5 Å². The maximum atomic E-state index is 13.0. The Morgan fingerprint density at radius 1 is 1.24 bits per heavy atom. The second-order valence-corrected chi connectivity index (χ2v) is 7.98. The van der Waals surface area contributed by atoms with Crippen LogP contribution in [0, 0.1) is 0 Å². The largest absolute Gasteiger partial charge is 0.350 e. The number of carbonyl (C=O) groups is 1. The van der Waals surface area contributed by atoms with Gasteiger partial charge in [0.05, 0.1) is 0 Å². The van der Waals surface area contributed by atoms with E-state index in [2.05, 4.69) is 20.6 Å². The predicted octanol–water partition coefficient (Wildman–Crippen LogP) is 3.48. The van der Waals surface area contributed by atoms with Crippen molar-refractivity contribution in [2.45, 2.75) is 51.1 Å². The van der Waals surface area contributed by atoms with Crippen LogP contribution in [0.2, 0.25) is 0 Å². The van der Waals surface area contributed by atoms with E-state index in [1.807, 2.05) is 29.7 Å². The summed E-state index contributed by atoms with van der Waals surface area (Å²) in [5.74, 6) is 0.102. The van der Waals surface area contributed by atoms with Gasteiger partial charge in [0.25, 0.3) is 0 Å². The number of hydrogen-bond acceptors (Lipinski definition) is 4. The highest BCUT2D eigenvalue weighted by Crippen LogP contribution is 2.30. The zero-order valence-corrected chi connectivity index (χ0v) is 15.4. The maximum Gasteiger partial charge on any atom is 0.242 e. The van der Waals surface area contributed by atoms with Gasteiger partial charge in [0.2, 0.25) is 5.91 Å². The number of hydrogen-bond donors (Lipinski definition) is 1. The Balaban J connectivity index is 1.48. The summed E-state index contributed by atoms with van der Waals surface area (Å²) in [4.78, 5) is 21.1. The molecule has 25 heavy (non-hydrogen) atoms. The molecular formula is C20H25N3OS. The molecule has 1 amide bonds. The van der Waals surface area contributed by atoms with Crippen LogP contribution in [0.1, 0.15) is 53.3 Å². The van der Waals surface area contributed by atoms with E-state index < -0.39 is 0 Å². The summed E-state index contributed by atoms with van der Waals surface area (Å²) < 4.78 is 0. The number of carbonyl (C=O) groups excluding carboxylic acids is 1.